The second-order valence-electron chi connectivity index (χ2n) is 6.78. The maximum Gasteiger partial charge on any atom is 0.118 e. The van der Waals surface area contributed by atoms with Crippen LogP contribution in [0.5, 0.6) is 5.75 Å². The van der Waals surface area contributed by atoms with E-state index in [-0.39, 0.29) is 0 Å². The molecule has 22 heavy (non-hydrogen) atoms. The maximum atomic E-state index is 5.20. The van der Waals surface area contributed by atoms with E-state index in [4.69, 9.17) is 4.74 Å². The van der Waals surface area contributed by atoms with Crippen molar-refractivity contribution in [2.75, 3.05) is 40.3 Å². The third-order valence-electron chi connectivity index (χ3n) is 5.09. The smallest absolute Gasteiger partial charge is 0.118 e. The Morgan fingerprint density at radius 2 is 1.95 bits per heavy atom. The lowest BCUT2D eigenvalue weighted by molar-refractivity contribution is 0.205. The first-order chi connectivity index (χ1) is 10.7. The van der Waals surface area contributed by atoms with Crippen LogP contribution in [0.3, 0.4) is 0 Å². The van der Waals surface area contributed by atoms with E-state index in [0.29, 0.717) is 0 Å². The number of likely N-dealkylation sites (tertiary alicyclic amines) is 1. The molecule has 2 bridgehead atoms. The fraction of sp³-hybridized carbons (Fsp3) is 0.579. The first-order valence-electron chi connectivity index (χ1n) is 8.48. The van der Waals surface area contributed by atoms with Crippen LogP contribution >= 0.6 is 0 Å². The van der Waals surface area contributed by atoms with Gasteiger partial charge in [0.1, 0.15) is 5.75 Å². The van der Waals surface area contributed by atoms with Crippen LogP contribution in [0.15, 0.2) is 30.3 Å². The molecule has 2 atom stereocenters. The lowest BCUT2D eigenvalue weighted by Crippen LogP contribution is -2.38. The number of rotatable bonds is 4. The van der Waals surface area contributed by atoms with Gasteiger partial charge in [-0.25, -0.2) is 0 Å². The summed E-state index contributed by atoms with van der Waals surface area (Å²) < 4.78 is 5.20. The molecule has 2 aliphatic heterocycles. The van der Waals surface area contributed by atoms with E-state index in [2.05, 4.69) is 41.1 Å². The predicted molar refractivity (Wildman–Crippen MR) is 92.2 cm³/mol. The van der Waals surface area contributed by atoms with Crippen LogP contribution in [0.25, 0.3) is 6.08 Å². The Bertz CT molecular complexity index is 497. The SMILES string of the molecule is COc1ccc(C=CCN2C[C@H]3CCC[C@@H](C2)N(C)C3)cc1. The van der Waals surface area contributed by atoms with Gasteiger partial charge in [0.15, 0.2) is 0 Å². The lowest BCUT2D eigenvalue weighted by atomic mass is 10.00. The summed E-state index contributed by atoms with van der Waals surface area (Å²) in [6.07, 6.45) is 8.72. The summed E-state index contributed by atoms with van der Waals surface area (Å²) in [5, 5.41) is 0. The molecular formula is C19H28N2O. The molecule has 0 saturated carbocycles. The Morgan fingerprint density at radius 1 is 1.14 bits per heavy atom. The Morgan fingerprint density at radius 3 is 2.73 bits per heavy atom. The molecular weight excluding hydrogens is 272 g/mol. The molecule has 2 heterocycles. The molecule has 2 saturated heterocycles. The Labute approximate surface area is 134 Å². The van der Waals surface area contributed by atoms with Gasteiger partial charge in [-0.1, -0.05) is 30.7 Å². The molecule has 120 valence electrons. The monoisotopic (exact) mass is 300 g/mol. The van der Waals surface area contributed by atoms with Crippen LogP contribution in [0.4, 0.5) is 0 Å². The molecule has 0 unspecified atom stereocenters. The van der Waals surface area contributed by atoms with E-state index < -0.39 is 0 Å². The molecule has 0 N–H and O–H groups in total. The van der Waals surface area contributed by atoms with Crippen molar-refractivity contribution >= 4 is 6.08 Å². The zero-order valence-electron chi connectivity index (χ0n) is 13.9. The summed E-state index contributed by atoms with van der Waals surface area (Å²) in [5.74, 6) is 1.77. The van der Waals surface area contributed by atoms with Crippen LogP contribution in [0, 0.1) is 5.92 Å². The fourth-order valence-electron chi connectivity index (χ4n) is 3.83. The number of hydrogen-bond donors (Lipinski definition) is 0. The number of likely N-dealkylation sites (N-methyl/N-ethyl adjacent to an activating group) is 1. The highest BCUT2D eigenvalue weighted by Gasteiger charge is 2.29. The Hall–Kier alpha value is -1.32. The summed E-state index contributed by atoms with van der Waals surface area (Å²) in [7, 11) is 4.01. The van der Waals surface area contributed by atoms with Crippen molar-refractivity contribution in [3.05, 3.63) is 35.9 Å². The number of hydrogen-bond acceptors (Lipinski definition) is 3. The second kappa shape index (κ2) is 7.30. The van der Waals surface area contributed by atoms with Gasteiger partial charge in [-0.05, 0) is 43.5 Å². The second-order valence-corrected chi connectivity index (χ2v) is 6.78. The molecule has 3 heteroatoms. The molecule has 0 amide bonds. The highest BCUT2D eigenvalue weighted by molar-refractivity contribution is 5.50. The van der Waals surface area contributed by atoms with Crippen LogP contribution < -0.4 is 4.74 Å². The molecule has 0 spiro atoms. The molecule has 0 aromatic heterocycles. The van der Waals surface area contributed by atoms with Crippen molar-refractivity contribution in [2.45, 2.75) is 25.3 Å². The Balaban J connectivity index is 1.57. The van der Waals surface area contributed by atoms with Crippen molar-refractivity contribution in [1.82, 2.24) is 9.80 Å². The summed E-state index contributed by atoms with van der Waals surface area (Å²) in [4.78, 5) is 5.23. The quantitative estimate of drug-likeness (QED) is 0.849. The van der Waals surface area contributed by atoms with Gasteiger partial charge in [0.05, 0.1) is 7.11 Å². The van der Waals surface area contributed by atoms with Gasteiger partial charge < -0.3 is 9.64 Å². The molecule has 2 aliphatic rings. The molecule has 3 nitrogen and oxygen atoms in total. The average molecular weight is 300 g/mol. The van der Waals surface area contributed by atoms with Gasteiger partial charge in [0, 0.05) is 32.2 Å². The zero-order chi connectivity index (χ0) is 15.4. The molecule has 0 radical (unpaired) electrons. The number of fused-ring (bicyclic) bond motifs is 3. The van der Waals surface area contributed by atoms with Gasteiger partial charge >= 0.3 is 0 Å². The minimum Gasteiger partial charge on any atom is -0.497 e. The molecule has 1 aromatic rings. The highest BCUT2D eigenvalue weighted by Crippen LogP contribution is 2.25. The van der Waals surface area contributed by atoms with E-state index in [0.717, 1.165) is 24.3 Å². The molecule has 0 aliphatic carbocycles. The third kappa shape index (κ3) is 3.90. The lowest BCUT2D eigenvalue weighted by Gasteiger charge is -2.28. The van der Waals surface area contributed by atoms with Gasteiger partial charge in [-0.15, -0.1) is 0 Å². The van der Waals surface area contributed by atoms with E-state index in [1.165, 1.54) is 44.5 Å². The Kier molecular flexibility index (Phi) is 5.16. The topological polar surface area (TPSA) is 15.7 Å². The third-order valence-corrected chi connectivity index (χ3v) is 5.09. The largest absolute Gasteiger partial charge is 0.497 e. The van der Waals surface area contributed by atoms with Crippen molar-refractivity contribution < 1.29 is 4.74 Å². The molecule has 3 rings (SSSR count). The summed E-state index contributed by atoms with van der Waals surface area (Å²) >= 11 is 0. The van der Waals surface area contributed by atoms with Crippen molar-refractivity contribution in [1.29, 1.82) is 0 Å². The van der Waals surface area contributed by atoms with Crippen molar-refractivity contribution in [2.24, 2.45) is 5.92 Å². The highest BCUT2D eigenvalue weighted by atomic mass is 16.5. The minimum absolute atomic E-state index is 0.752. The summed E-state index contributed by atoms with van der Waals surface area (Å²) in [5.41, 5.74) is 1.24. The van der Waals surface area contributed by atoms with Crippen LogP contribution in [0.2, 0.25) is 0 Å². The first-order valence-corrected chi connectivity index (χ1v) is 8.48. The normalized spacial score (nSPS) is 27.0. The first kappa shape index (κ1) is 15.6. The van der Waals surface area contributed by atoms with E-state index >= 15 is 0 Å². The van der Waals surface area contributed by atoms with E-state index in [1.807, 2.05) is 12.1 Å². The average Bonchev–Trinajstić information content (AvgIpc) is 2.77. The van der Waals surface area contributed by atoms with Crippen LogP contribution in [-0.2, 0) is 0 Å². The van der Waals surface area contributed by atoms with Crippen molar-refractivity contribution in [3.63, 3.8) is 0 Å². The zero-order valence-corrected chi connectivity index (χ0v) is 13.9. The fourth-order valence-corrected chi connectivity index (χ4v) is 3.83. The summed E-state index contributed by atoms with van der Waals surface area (Å²) in [6, 6.07) is 9.01. The molecule has 2 fully saturated rings. The molecule has 1 aromatic carbocycles. The minimum atomic E-state index is 0.752. The van der Waals surface area contributed by atoms with Gasteiger partial charge in [0.25, 0.3) is 0 Å². The number of methoxy groups -OCH3 is 1. The van der Waals surface area contributed by atoms with Crippen molar-refractivity contribution in [3.8, 4) is 5.75 Å². The maximum absolute atomic E-state index is 5.20. The van der Waals surface area contributed by atoms with Crippen LogP contribution in [-0.4, -0.2) is 56.2 Å². The van der Waals surface area contributed by atoms with E-state index in [9.17, 15) is 0 Å². The number of nitrogens with zero attached hydrogens (tertiary/aromatic N) is 2. The predicted octanol–water partition coefficient (Wildman–Crippen LogP) is 3.12. The standard InChI is InChI=1S/C19H28N2O/c1-20-13-17-5-3-7-18(20)15-21(14-17)12-4-6-16-8-10-19(22-2)11-9-16/h4,6,8-11,17-18H,3,5,7,12-15H2,1-2H3/t17-,18-/m0/s1. The van der Waals surface area contributed by atoms with Gasteiger partial charge in [0.2, 0.25) is 0 Å². The van der Waals surface area contributed by atoms with Crippen LogP contribution in [0.1, 0.15) is 24.8 Å². The summed E-state index contributed by atoms with van der Waals surface area (Å²) in [6.45, 7) is 4.82. The van der Waals surface area contributed by atoms with Gasteiger partial charge in [-0.3, -0.25) is 4.90 Å². The van der Waals surface area contributed by atoms with E-state index in [1.54, 1.807) is 7.11 Å². The number of ether oxygens (including phenoxy) is 1. The van der Waals surface area contributed by atoms with Gasteiger partial charge in [-0.2, -0.15) is 0 Å². The number of benzene rings is 1.